The maximum absolute atomic E-state index is 12.0. The summed E-state index contributed by atoms with van der Waals surface area (Å²) in [6.07, 6.45) is 3.04. The van der Waals surface area contributed by atoms with Gasteiger partial charge in [-0.15, -0.1) is 0 Å². The number of nitrogens with zero attached hydrogens (tertiary/aromatic N) is 1. The van der Waals surface area contributed by atoms with Gasteiger partial charge in [-0.1, -0.05) is 39.8 Å². The molecule has 0 aliphatic carbocycles. The van der Waals surface area contributed by atoms with Gasteiger partial charge >= 0.3 is 0 Å². The fraction of sp³-hybridized carbons (Fsp3) is 0.500. The Morgan fingerprint density at radius 2 is 1.90 bits per heavy atom. The maximum atomic E-state index is 12.0. The number of rotatable bonds is 5. The number of pyridine rings is 1. The van der Waals surface area contributed by atoms with Crippen LogP contribution in [-0.2, 0) is 6.54 Å². The number of nitrogens with one attached hydrogen (secondary N) is 1. The van der Waals surface area contributed by atoms with E-state index in [2.05, 4.69) is 37.6 Å². The third-order valence-corrected chi connectivity index (χ3v) is 3.95. The molecule has 1 aromatic carbocycles. The monoisotopic (exact) mass is 286 g/mol. The van der Waals surface area contributed by atoms with Crippen molar-refractivity contribution in [1.82, 2.24) is 9.88 Å². The van der Waals surface area contributed by atoms with Crippen LogP contribution in [0.4, 0.5) is 0 Å². The van der Waals surface area contributed by atoms with Crippen LogP contribution in [0.15, 0.2) is 41.3 Å². The van der Waals surface area contributed by atoms with Crippen molar-refractivity contribution in [3.63, 3.8) is 0 Å². The molecule has 0 fully saturated rings. The van der Waals surface area contributed by atoms with Crippen LogP contribution in [0.5, 0.6) is 0 Å². The van der Waals surface area contributed by atoms with Gasteiger partial charge in [-0.25, -0.2) is 0 Å². The molecule has 1 atom stereocenters. The van der Waals surface area contributed by atoms with E-state index in [0.717, 1.165) is 30.4 Å². The van der Waals surface area contributed by atoms with E-state index in [1.165, 1.54) is 0 Å². The van der Waals surface area contributed by atoms with Gasteiger partial charge in [0.25, 0.3) is 0 Å². The van der Waals surface area contributed by atoms with E-state index >= 15 is 0 Å². The lowest BCUT2D eigenvalue weighted by atomic mass is 9.86. The van der Waals surface area contributed by atoms with Gasteiger partial charge in [-0.05, 0) is 30.5 Å². The van der Waals surface area contributed by atoms with Crippen LogP contribution in [0.1, 0.15) is 34.1 Å². The van der Waals surface area contributed by atoms with Crippen LogP contribution < -0.4 is 10.7 Å². The Morgan fingerprint density at radius 1 is 1.19 bits per heavy atom. The van der Waals surface area contributed by atoms with Crippen molar-refractivity contribution < 1.29 is 0 Å². The molecule has 1 N–H and O–H groups in total. The summed E-state index contributed by atoms with van der Waals surface area (Å²) in [7, 11) is 0. The molecule has 0 bridgehead atoms. The summed E-state index contributed by atoms with van der Waals surface area (Å²) in [4.78, 5) is 12.0. The van der Waals surface area contributed by atoms with Crippen molar-refractivity contribution in [3.05, 3.63) is 46.8 Å². The van der Waals surface area contributed by atoms with Gasteiger partial charge in [0.05, 0.1) is 5.52 Å². The van der Waals surface area contributed by atoms with Gasteiger partial charge in [0.15, 0.2) is 5.43 Å². The molecular weight excluding hydrogens is 260 g/mol. The number of fused-ring (bicyclic) bond motifs is 1. The molecule has 2 aromatic rings. The lowest BCUT2D eigenvalue weighted by Gasteiger charge is -2.33. The third-order valence-electron chi connectivity index (χ3n) is 3.95. The third kappa shape index (κ3) is 3.73. The molecule has 1 heterocycles. The number of para-hydroxylation sites is 1. The second-order valence-corrected chi connectivity index (χ2v) is 6.72. The highest BCUT2D eigenvalue weighted by atomic mass is 16.1. The fourth-order valence-electron chi connectivity index (χ4n) is 2.58. The van der Waals surface area contributed by atoms with Crippen molar-refractivity contribution in [1.29, 1.82) is 0 Å². The molecule has 0 spiro atoms. The Labute approximate surface area is 127 Å². The Balaban J connectivity index is 2.37. The van der Waals surface area contributed by atoms with E-state index < -0.39 is 0 Å². The van der Waals surface area contributed by atoms with E-state index in [-0.39, 0.29) is 10.8 Å². The minimum absolute atomic E-state index is 0.0932. The van der Waals surface area contributed by atoms with Crippen molar-refractivity contribution in [2.45, 2.75) is 46.7 Å². The molecule has 0 saturated heterocycles. The topological polar surface area (TPSA) is 34.0 Å². The predicted octanol–water partition coefficient (Wildman–Crippen LogP) is 3.42. The average Bonchev–Trinajstić information content (AvgIpc) is 2.44. The Morgan fingerprint density at radius 3 is 2.57 bits per heavy atom. The maximum Gasteiger partial charge on any atom is 0.189 e. The summed E-state index contributed by atoms with van der Waals surface area (Å²) in [6.45, 7) is 10.8. The van der Waals surface area contributed by atoms with Crippen LogP contribution in [0, 0.1) is 5.41 Å². The van der Waals surface area contributed by atoms with E-state index in [9.17, 15) is 4.79 Å². The predicted molar refractivity (Wildman–Crippen MR) is 89.7 cm³/mol. The summed E-state index contributed by atoms with van der Waals surface area (Å²) in [6, 6.07) is 9.87. The minimum atomic E-state index is 0.0932. The first-order chi connectivity index (χ1) is 9.93. The van der Waals surface area contributed by atoms with Crippen molar-refractivity contribution >= 4 is 10.9 Å². The Bertz CT molecular complexity index is 652. The van der Waals surface area contributed by atoms with Gasteiger partial charge in [-0.3, -0.25) is 4.79 Å². The van der Waals surface area contributed by atoms with Gasteiger partial charge in [0.1, 0.15) is 0 Å². The molecule has 1 unspecified atom stereocenters. The molecule has 0 aliphatic heterocycles. The molecular formula is C18H26N2O. The molecule has 0 radical (unpaired) electrons. The first kappa shape index (κ1) is 15.8. The minimum Gasteiger partial charge on any atom is -0.346 e. The van der Waals surface area contributed by atoms with E-state index in [4.69, 9.17) is 0 Å². The summed E-state index contributed by atoms with van der Waals surface area (Å²) < 4.78 is 2.19. The molecule has 0 saturated carbocycles. The molecule has 114 valence electrons. The molecule has 0 aliphatic rings. The number of aromatic nitrogens is 1. The van der Waals surface area contributed by atoms with E-state index in [1.807, 2.05) is 30.5 Å². The summed E-state index contributed by atoms with van der Waals surface area (Å²) in [5.74, 6) is 0. The molecule has 3 heteroatoms. The van der Waals surface area contributed by atoms with Crippen LogP contribution in [0.2, 0.25) is 0 Å². The van der Waals surface area contributed by atoms with Crippen LogP contribution in [0.3, 0.4) is 0 Å². The standard InChI is InChI=1S/C18H26N2O/c1-5-11-19-17(18(2,3)4)13-20-12-10-16(21)14-8-6-7-9-15(14)20/h6-10,12,17,19H,5,11,13H2,1-4H3. The van der Waals surface area contributed by atoms with Crippen molar-refractivity contribution in [2.75, 3.05) is 6.54 Å². The Kier molecular flexibility index (Phi) is 4.84. The normalized spacial score (nSPS) is 13.5. The van der Waals surface area contributed by atoms with Crippen molar-refractivity contribution in [3.8, 4) is 0 Å². The van der Waals surface area contributed by atoms with Gasteiger partial charge in [-0.2, -0.15) is 0 Å². The molecule has 3 nitrogen and oxygen atoms in total. The quantitative estimate of drug-likeness (QED) is 0.914. The fourth-order valence-corrected chi connectivity index (χ4v) is 2.58. The zero-order chi connectivity index (χ0) is 15.5. The largest absolute Gasteiger partial charge is 0.346 e. The lowest BCUT2D eigenvalue weighted by molar-refractivity contribution is 0.244. The van der Waals surface area contributed by atoms with Gasteiger partial charge < -0.3 is 9.88 Å². The first-order valence-corrected chi connectivity index (χ1v) is 7.75. The highest BCUT2D eigenvalue weighted by Crippen LogP contribution is 2.22. The number of hydrogen-bond donors (Lipinski definition) is 1. The summed E-state index contributed by atoms with van der Waals surface area (Å²) in [5, 5.41) is 4.43. The first-order valence-electron chi connectivity index (χ1n) is 7.75. The average molecular weight is 286 g/mol. The summed E-state index contributed by atoms with van der Waals surface area (Å²) >= 11 is 0. The van der Waals surface area contributed by atoms with Crippen molar-refractivity contribution in [2.24, 2.45) is 5.41 Å². The van der Waals surface area contributed by atoms with E-state index in [1.54, 1.807) is 6.07 Å². The zero-order valence-electron chi connectivity index (χ0n) is 13.5. The lowest BCUT2D eigenvalue weighted by Crippen LogP contribution is -2.43. The molecule has 1 aromatic heterocycles. The number of hydrogen-bond acceptors (Lipinski definition) is 2. The van der Waals surface area contributed by atoms with Crippen LogP contribution >= 0.6 is 0 Å². The second kappa shape index (κ2) is 6.44. The van der Waals surface area contributed by atoms with E-state index in [0.29, 0.717) is 6.04 Å². The molecule has 2 rings (SSSR count). The van der Waals surface area contributed by atoms with Crippen LogP contribution in [-0.4, -0.2) is 17.2 Å². The SMILES string of the molecule is CCCNC(Cn1ccc(=O)c2ccccc21)C(C)(C)C. The Hall–Kier alpha value is -1.61. The zero-order valence-corrected chi connectivity index (χ0v) is 13.5. The van der Waals surface area contributed by atoms with Crippen LogP contribution in [0.25, 0.3) is 10.9 Å². The smallest absolute Gasteiger partial charge is 0.189 e. The second-order valence-electron chi connectivity index (χ2n) is 6.72. The number of benzene rings is 1. The summed E-state index contributed by atoms with van der Waals surface area (Å²) in [5.41, 5.74) is 1.27. The highest BCUT2D eigenvalue weighted by Gasteiger charge is 2.24. The highest BCUT2D eigenvalue weighted by molar-refractivity contribution is 5.78. The molecule has 21 heavy (non-hydrogen) atoms. The van der Waals surface area contributed by atoms with Gasteiger partial charge in [0, 0.05) is 30.2 Å². The van der Waals surface area contributed by atoms with Gasteiger partial charge in [0.2, 0.25) is 0 Å². The molecule has 0 amide bonds.